The van der Waals surface area contributed by atoms with E-state index in [4.69, 9.17) is 4.74 Å². The molecule has 0 N–H and O–H groups in total. The Balaban J connectivity index is 1.85. The number of rotatable bonds is 4. The summed E-state index contributed by atoms with van der Waals surface area (Å²) in [5, 5.41) is 0. The summed E-state index contributed by atoms with van der Waals surface area (Å²) < 4.78 is 8.18. The van der Waals surface area contributed by atoms with Crippen molar-refractivity contribution in [3.63, 3.8) is 0 Å². The third-order valence-electron chi connectivity index (χ3n) is 5.90. The van der Waals surface area contributed by atoms with Crippen molar-refractivity contribution in [2.75, 3.05) is 12.0 Å². The van der Waals surface area contributed by atoms with E-state index in [-0.39, 0.29) is 11.5 Å². The quantitative estimate of drug-likeness (QED) is 0.321. The summed E-state index contributed by atoms with van der Waals surface area (Å²) in [6.45, 7) is 7.78. The van der Waals surface area contributed by atoms with E-state index in [9.17, 15) is 9.59 Å². The minimum absolute atomic E-state index is 0.244. The second kappa shape index (κ2) is 8.87. The van der Waals surface area contributed by atoms with Crippen LogP contribution in [-0.2, 0) is 14.3 Å². The van der Waals surface area contributed by atoms with Gasteiger partial charge in [0.15, 0.2) is 0 Å². The van der Waals surface area contributed by atoms with E-state index in [1.165, 1.54) is 7.11 Å². The molecule has 0 unspecified atom stereocenters. The Hall–Kier alpha value is -3.38. The number of methoxy groups -OCH3 is 1. The second-order valence-corrected chi connectivity index (χ2v) is 9.04. The van der Waals surface area contributed by atoms with Gasteiger partial charge in [-0.3, -0.25) is 9.69 Å². The maximum Gasteiger partial charge on any atom is 0.340 e. The smallest absolute Gasteiger partial charge is 0.340 e. The number of esters is 1. The van der Waals surface area contributed by atoms with E-state index in [0.717, 1.165) is 38.4 Å². The molecule has 0 radical (unpaired) electrons. The molecule has 33 heavy (non-hydrogen) atoms. The zero-order valence-corrected chi connectivity index (χ0v) is 20.9. The molecule has 6 heteroatoms. The molecule has 168 valence electrons. The van der Waals surface area contributed by atoms with Gasteiger partial charge in [-0.15, -0.1) is 0 Å². The molecular weight excluding hydrogens is 480 g/mol. The van der Waals surface area contributed by atoms with Crippen LogP contribution in [0.2, 0.25) is 0 Å². The van der Waals surface area contributed by atoms with Crippen molar-refractivity contribution in [3.05, 3.63) is 98.4 Å². The molecule has 0 fully saturated rings. The van der Waals surface area contributed by atoms with Crippen molar-refractivity contribution in [2.24, 2.45) is 0 Å². The Morgan fingerprint density at radius 2 is 1.67 bits per heavy atom. The number of amides is 1. The molecule has 1 amide bonds. The van der Waals surface area contributed by atoms with Crippen molar-refractivity contribution in [3.8, 4) is 5.69 Å². The Bertz CT molecular complexity index is 1330. The van der Waals surface area contributed by atoms with E-state index in [2.05, 4.69) is 20.5 Å². The van der Waals surface area contributed by atoms with Gasteiger partial charge in [0.1, 0.15) is 0 Å². The molecule has 0 saturated carbocycles. The third kappa shape index (κ3) is 4.07. The number of nitrogens with zero attached hydrogens (tertiary/aromatic N) is 2. The minimum Gasteiger partial charge on any atom is -0.465 e. The highest BCUT2D eigenvalue weighted by Crippen LogP contribution is 2.36. The Morgan fingerprint density at radius 1 is 0.970 bits per heavy atom. The topological polar surface area (TPSA) is 51.5 Å². The number of ether oxygens (including phenoxy) is 1. The number of allylic oxidation sites excluding steroid dienone is 1. The average molecular weight is 505 g/mol. The van der Waals surface area contributed by atoms with Crippen LogP contribution in [-0.4, -0.2) is 23.6 Å². The zero-order chi connectivity index (χ0) is 23.9. The molecule has 0 atom stereocenters. The maximum absolute atomic E-state index is 13.6. The summed E-state index contributed by atoms with van der Waals surface area (Å²) in [5.41, 5.74) is 6.84. The molecule has 0 bridgehead atoms. The number of aryl methyl sites for hydroxylation is 2. The van der Waals surface area contributed by atoms with Gasteiger partial charge in [0.25, 0.3) is 5.91 Å². The first kappa shape index (κ1) is 22.8. The lowest BCUT2D eigenvalue weighted by atomic mass is 10.0. The lowest BCUT2D eigenvalue weighted by Crippen LogP contribution is -2.24. The Morgan fingerprint density at radius 3 is 2.30 bits per heavy atom. The Kier molecular flexibility index (Phi) is 6.13. The van der Waals surface area contributed by atoms with Crippen LogP contribution in [0.1, 0.15) is 29.4 Å². The van der Waals surface area contributed by atoms with Crippen molar-refractivity contribution >= 4 is 39.6 Å². The number of aromatic nitrogens is 1. The van der Waals surface area contributed by atoms with Crippen LogP contribution in [0.3, 0.4) is 0 Å². The first-order valence-electron chi connectivity index (χ1n) is 10.6. The van der Waals surface area contributed by atoms with Gasteiger partial charge in [-0.1, -0.05) is 28.1 Å². The van der Waals surface area contributed by atoms with Gasteiger partial charge in [0.05, 0.1) is 18.3 Å². The van der Waals surface area contributed by atoms with Crippen molar-refractivity contribution in [1.82, 2.24) is 4.57 Å². The summed E-state index contributed by atoms with van der Waals surface area (Å²) in [7, 11) is 1.33. The number of carbonyl (C=O) groups excluding carboxylic acids is 2. The highest BCUT2D eigenvalue weighted by atomic mass is 79.9. The third-order valence-corrected chi connectivity index (χ3v) is 6.43. The predicted octanol–water partition coefficient (Wildman–Crippen LogP) is 6.04. The molecule has 1 aliphatic heterocycles. The molecule has 5 nitrogen and oxygen atoms in total. The number of benzene rings is 2. The van der Waals surface area contributed by atoms with Gasteiger partial charge >= 0.3 is 5.97 Å². The van der Waals surface area contributed by atoms with Crippen molar-refractivity contribution in [1.29, 1.82) is 0 Å². The molecule has 0 spiro atoms. The van der Waals surface area contributed by atoms with Crippen LogP contribution in [0.15, 0.2) is 75.9 Å². The van der Waals surface area contributed by atoms with Gasteiger partial charge in [-0.05, 0) is 87.4 Å². The normalized spacial score (nSPS) is 15.0. The van der Waals surface area contributed by atoms with E-state index in [1.807, 2.05) is 75.4 Å². The highest BCUT2D eigenvalue weighted by molar-refractivity contribution is 9.10. The van der Waals surface area contributed by atoms with Crippen LogP contribution in [0.25, 0.3) is 11.8 Å². The molecule has 0 saturated heterocycles. The lowest BCUT2D eigenvalue weighted by Gasteiger charge is -2.18. The largest absolute Gasteiger partial charge is 0.465 e. The maximum atomic E-state index is 13.6. The summed E-state index contributed by atoms with van der Waals surface area (Å²) in [6, 6.07) is 17.7. The first-order valence-corrected chi connectivity index (χ1v) is 11.4. The number of hydrogen-bond donors (Lipinski definition) is 0. The molecule has 1 aliphatic rings. The molecule has 3 aromatic rings. The Labute approximate surface area is 202 Å². The van der Waals surface area contributed by atoms with Crippen LogP contribution >= 0.6 is 15.9 Å². The lowest BCUT2D eigenvalue weighted by molar-refractivity contribution is -0.136. The number of hydrogen-bond acceptors (Lipinski definition) is 3. The van der Waals surface area contributed by atoms with Gasteiger partial charge < -0.3 is 9.30 Å². The summed E-state index contributed by atoms with van der Waals surface area (Å²) in [6.07, 6.45) is 1.80. The molecule has 2 aromatic carbocycles. The van der Waals surface area contributed by atoms with E-state index in [1.54, 1.807) is 17.9 Å². The van der Waals surface area contributed by atoms with Crippen LogP contribution in [0, 0.1) is 20.8 Å². The molecule has 2 heterocycles. The van der Waals surface area contributed by atoms with Crippen molar-refractivity contribution < 1.29 is 14.3 Å². The number of halogens is 1. The zero-order valence-electron chi connectivity index (χ0n) is 19.3. The minimum atomic E-state index is -0.524. The van der Waals surface area contributed by atoms with Gasteiger partial charge in [0.2, 0.25) is 0 Å². The summed E-state index contributed by atoms with van der Waals surface area (Å²) >= 11 is 3.48. The van der Waals surface area contributed by atoms with Crippen molar-refractivity contribution in [2.45, 2.75) is 27.7 Å². The van der Waals surface area contributed by atoms with E-state index in [0.29, 0.717) is 11.3 Å². The highest BCUT2D eigenvalue weighted by Gasteiger charge is 2.38. The summed E-state index contributed by atoms with van der Waals surface area (Å²) in [4.78, 5) is 27.9. The molecule has 1 aromatic heterocycles. The van der Waals surface area contributed by atoms with Crippen LogP contribution in [0.5, 0.6) is 0 Å². The predicted molar refractivity (Wildman–Crippen MR) is 134 cm³/mol. The monoisotopic (exact) mass is 504 g/mol. The summed E-state index contributed by atoms with van der Waals surface area (Å²) in [5.74, 6) is -0.768. The second-order valence-electron chi connectivity index (χ2n) is 8.13. The fourth-order valence-electron chi connectivity index (χ4n) is 4.33. The number of carbonyl (C=O) groups is 2. The fourth-order valence-corrected chi connectivity index (χ4v) is 4.60. The molecule has 0 aliphatic carbocycles. The van der Waals surface area contributed by atoms with Gasteiger partial charge in [0, 0.05) is 32.9 Å². The number of anilines is 1. The van der Waals surface area contributed by atoms with Gasteiger partial charge in [-0.2, -0.15) is 0 Å². The van der Waals surface area contributed by atoms with Gasteiger partial charge in [-0.25, -0.2) is 4.79 Å². The average Bonchev–Trinajstić information content (AvgIpc) is 3.20. The van der Waals surface area contributed by atoms with E-state index >= 15 is 0 Å². The van der Waals surface area contributed by atoms with E-state index < -0.39 is 5.97 Å². The van der Waals surface area contributed by atoms with Crippen LogP contribution in [0.4, 0.5) is 5.69 Å². The SMILES string of the molecule is COC(=O)C1=C(C)N(c2cccc(C)c2)C(=O)/C1=C\c1cc(C)n(-c2ccc(Br)cc2)c1C. The fraction of sp³-hybridized carbons (Fsp3) is 0.185. The first-order chi connectivity index (χ1) is 15.7. The van der Waals surface area contributed by atoms with Crippen LogP contribution < -0.4 is 4.90 Å². The molecular formula is C27H25BrN2O3. The standard InChI is InChI=1S/C27H25BrN2O3/c1-16-7-6-8-23(13-16)30-19(4)25(27(32)33-5)24(26(30)31)15-20-14-17(2)29(18(20)3)22-11-9-21(28)10-12-22/h6-15H,1-5H3/b24-15-. The molecule has 4 rings (SSSR count).